The molecule has 4 heteroatoms. The molecular formula is C11H16BrFN2. The first-order valence-corrected chi connectivity index (χ1v) is 5.75. The van der Waals surface area contributed by atoms with Gasteiger partial charge in [0.05, 0.1) is 0 Å². The van der Waals surface area contributed by atoms with Gasteiger partial charge in [-0.3, -0.25) is 0 Å². The normalized spacial score (nSPS) is 13.2. The first kappa shape index (κ1) is 12.6. The molecule has 0 saturated carbocycles. The second-order valence-electron chi connectivity index (χ2n) is 3.78. The summed E-state index contributed by atoms with van der Waals surface area (Å²) in [4.78, 5) is 0. The monoisotopic (exact) mass is 274 g/mol. The highest BCUT2D eigenvalue weighted by atomic mass is 79.9. The van der Waals surface area contributed by atoms with Crippen molar-refractivity contribution < 1.29 is 4.39 Å². The van der Waals surface area contributed by atoms with Crippen molar-refractivity contribution >= 4 is 15.9 Å². The number of nitrogens with two attached hydrogens (primary N) is 1. The van der Waals surface area contributed by atoms with Gasteiger partial charge in [-0.1, -0.05) is 29.8 Å². The van der Waals surface area contributed by atoms with E-state index in [1.165, 1.54) is 12.1 Å². The minimum atomic E-state index is -0.239. The van der Waals surface area contributed by atoms with E-state index in [0.717, 1.165) is 10.0 Å². The van der Waals surface area contributed by atoms with Crippen molar-refractivity contribution in [1.29, 1.82) is 0 Å². The van der Waals surface area contributed by atoms with E-state index in [1.54, 1.807) is 6.07 Å². The van der Waals surface area contributed by atoms with Crippen molar-refractivity contribution in [3.63, 3.8) is 0 Å². The van der Waals surface area contributed by atoms with Crippen molar-refractivity contribution in [1.82, 2.24) is 5.32 Å². The van der Waals surface area contributed by atoms with Crippen LogP contribution < -0.4 is 11.1 Å². The Balaban J connectivity index is 2.95. The van der Waals surface area contributed by atoms with Crippen LogP contribution in [0.2, 0.25) is 0 Å². The molecule has 1 atom stereocenters. The lowest BCUT2D eigenvalue weighted by molar-refractivity contribution is 0.480. The Bertz CT molecular complexity index is 328. The maximum absolute atomic E-state index is 13.1. The lowest BCUT2D eigenvalue weighted by Gasteiger charge is -2.21. The van der Waals surface area contributed by atoms with Gasteiger partial charge in [-0.2, -0.15) is 0 Å². The van der Waals surface area contributed by atoms with E-state index in [9.17, 15) is 4.39 Å². The summed E-state index contributed by atoms with van der Waals surface area (Å²) in [5, 5.41) is 3.29. The van der Waals surface area contributed by atoms with Crippen molar-refractivity contribution in [2.45, 2.75) is 25.9 Å². The third kappa shape index (κ3) is 3.55. The fraction of sp³-hybridized carbons (Fsp3) is 0.455. The largest absolute Gasteiger partial charge is 0.329 e. The first-order chi connectivity index (χ1) is 7.04. The summed E-state index contributed by atoms with van der Waals surface area (Å²) in [5.74, 6) is -0.239. The smallest absolute Gasteiger partial charge is 0.123 e. The fourth-order valence-electron chi connectivity index (χ4n) is 1.47. The maximum Gasteiger partial charge on any atom is 0.123 e. The molecule has 1 unspecified atom stereocenters. The molecule has 0 aliphatic rings. The van der Waals surface area contributed by atoms with Crippen LogP contribution in [0.4, 0.5) is 4.39 Å². The summed E-state index contributed by atoms with van der Waals surface area (Å²) in [6.07, 6.45) is 0. The lowest BCUT2D eigenvalue weighted by Crippen LogP contribution is -2.33. The van der Waals surface area contributed by atoms with Crippen molar-refractivity contribution in [3.05, 3.63) is 34.1 Å². The van der Waals surface area contributed by atoms with E-state index >= 15 is 0 Å². The van der Waals surface area contributed by atoms with E-state index in [0.29, 0.717) is 12.6 Å². The molecule has 0 bridgehead atoms. The van der Waals surface area contributed by atoms with E-state index in [4.69, 9.17) is 5.73 Å². The van der Waals surface area contributed by atoms with Crippen molar-refractivity contribution in [2.75, 3.05) is 6.54 Å². The summed E-state index contributed by atoms with van der Waals surface area (Å²) in [6.45, 7) is 4.52. The van der Waals surface area contributed by atoms with Crippen LogP contribution in [0.5, 0.6) is 0 Å². The highest BCUT2D eigenvalue weighted by Crippen LogP contribution is 2.24. The molecule has 0 heterocycles. The van der Waals surface area contributed by atoms with Crippen LogP contribution in [0.15, 0.2) is 22.7 Å². The third-order valence-corrected chi connectivity index (χ3v) is 2.83. The van der Waals surface area contributed by atoms with Gasteiger partial charge in [-0.15, -0.1) is 0 Å². The number of nitrogens with one attached hydrogen (secondary N) is 1. The zero-order valence-corrected chi connectivity index (χ0v) is 10.5. The van der Waals surface area contributed by atoms with Crippen LogP contribution >= 0.6 is 15.9 Å². The Kier molecular flexibility index (Phi) is 4.70. The number of hydrogen-bond donors (Lipinski definition) is 2. The number of hydrogen-bond acceptors (Lipinski definition) is 2. The summed E-state index contributed by atoms with van der Waals surface area (Å²) < 4.78 is 14.0. The fourth-order valence-corrected chi connectivity index (χ4v) is 1.99. The van der Waals surface area contributed by atoms with E-state index < -0.39 is 0 Å². The topological polar surface area (TPSA) is 38.0 Å². The molecule has 0 aliphatic heterocycles. The van der Waals surface area contributed by atoms with Crippen LogP contribution in [0.1, 0.15) is 25.5 Å². The molecule has 0 aromatic heterocycles. The second kappa shape index (κ2) is 5.58. The van der Waals surface area contributed by atoms with Crippen molar-refractivity contribution in [2.24, 2.45) is 5.73 Å². The number of halogens is 2. The molecule has 1 aromatic rings. The van der Waals surface area contributed by atoms with Crippen LogP contribution in [-0.2, 0) is 0 Å². The van der Waals surface area contributed by atoms with E-state index in [2.05, 4.69) is 21.2 Å². The Labute approximate surface area is 98.2 Å². The van der Waals surface area contributed by atoms with Crippen LogP contribution in [-0.4, -0.2) is 12.6 Å². The maximum atomic E-state index is 13.1. The molecule has 15 heavy (non-hydrogen) atoms. The molecule has 0 saturated heterocycles. The molecule has 84 valence electrons. The van der Waals surface area contributed by atoms with E-state index in [-0.39, 0.29) is 11.9 Å². The van der Waals surface area contributed by atoms with Gasteiger partial charge in [-0.05, 0) is 23.8 Å². The molecule has 0 amide bonds. The van der Waals surface area contributed by atoms with Gasteiger partial charge in [0, 0.05) is 23.1 Å². The summed E-state index contributed by atoms with van der Waals surface area (Å²) >= 11 is 3.40. The molecule has 0 fully saturated rings. The van der Waals surface area contributed by atoms with Gasteiger partial charge in [0.25, 0.3) is 0 Å². The van der Waals surface area contributed by atoms with Crippen LogP contribution in [0, 0.1) is 5.82 Å². The molecular weight excluding hydrogens is 259 g/mol. The van der Waals surface area contributed by atoms with Gasteiger partial charge in [0.2, 0.25) is 0 Å². The zero-order chi connectivity index (χ0) is 11.4. The predicted molar refractivity (Wildman–Crippen MR) is 64.2 cm³/mol. The third-order valence-electron chi connectivity index (χ3n) is 2.10. The highest BCUT2D eigenvalue weighted by Gasteiger charge is 2.14. The minimum absolute atomic E-state index is 0.0184. The van der Waals surface area contributed by atoms with Gasteiger partial charge in [0.15, 0.2) is 0 Å². The summed E-state index contributed by atoms with van der Waals surface area (Å²) in [5.41, 5.74) is 6.53. The Hall–Kier alpha value is -0.450. The molecule has 1 rings (SSSR count). The summed E-state index contributed by atoms with van der Waals surface area (Å²) in [6, 6.07) is 4.94. The first-order valence-electron chi connectivity index (χ1n) is 4.95. The van der Waals surface area contributed by atoms with Gasteiger partial charge < -0.3 is 11.1 Å². The SMILES string of the molecule is CC(C)NC(CN)c1cc(F)ccc1Br. The quantitative estimate of drug-likeness (QED) is 0.886. The Morgan fingerprint density at radius 1 is 1.47 bits per heavy atom. The Morgan fingerprint density at radius 3 is 2.67 bits per heavy atom. The Morgan fingerprint density at radius 2 is 2.13 bits per heavy atom. The molecule has 3 N–H and O–H groups in total. The molecule has 0 spiro atoms. The van der Waals surface area contributed by atoms with Crippen LogP contribution in [0.3, 0.4) is 0 Å². The molecule has 0 radical (unpaired) electrons. The number of benzene rings is 1. The van der Waals surface area contributed by atoms with Gasteiger partial charge in [-0.25, -0.2) is 4.39 Å². The average molecular weight is 275 g/mol. The predicted octanol–water partition coefficient (Wildman–Crippen LogP) is 2.59. The van der Waals surface area contributed by atoms with Crippen molar-refractivity contribution in [3.8, 4) is 0 Å². The molecule has 1 aromatic carbocycles. The molecule has 0 aliphatic carbocycles. The van der Waals surface area contributed by atoms with Gasteiger partial charge in [0.1, 0.15) is 5.82 Å². The average Bonchev–Trinajstić information content (AvgIpc) is 2.18. The standard InChI is InChI=1S/C11H16BrFN2/c1-7(2)15-11(6-14)9-5-8(13)3-4-10(9)12/h3-5,7,11,15H,6,14H2,1-2H3. The minimum Gasteiger partial charge on any atom is -0.329 e. The second-order valence-corrected chi connectivity index (χ2v) is 4.63. The highest BCUT2D eigenvalue weighted by molar-refractivity contribution is 9.10. The number of rotatable bonds is 4. The molecule has 2 nitrogen and oxygen atoms in total. The lowest BCUT2D eigenvalue weighted by atomic mass is 10.1. The zero-order valence-electron chi connectivity index (χ0n) is 8.93. The van der Waals surface area contributed by atoms with Crippen LogP contribution in [0.25, 0.3) is 0 Å². The van der Waals surface area contributed by atoms with E-state index in [1.807, 2.05) is 13.8 Å². The van der Waals surface area contributed by atoms with Gasteiger partial charge >= 0.3 is 0 Å². The summed E-state index contributed by atoms with van der Waals surface area (Å²) in [7, 11) is 0.